The highest BCUT2D eigenvalue weighted by Crippen LogP contribution is 2.28. The average molecular weight is 417 g/mol. The SMILES string of the molecule is COc1ccc(S(=O)(=O)NC[C@H](c2ccco2)N2CCSCC2)cc1Cl. The summed E-state index contributed by atoms with van der Waals surface area (Å²) in [6.45, 7) is 2.02. The van der Waals surface area contributed by atoms with Gasteiger partial charge in [-0.25, -0.2) is 13.1 Å². The number of rotatable bonds is 7. The van der Waals surface area contributed by atoms with Crippen molar-refractivity contribution < 1.29 is 17.6 Å². The smallest absolute Gasteiger partial charge is 0.240 e. The van der Waals surface area contributed by atoms with Crippen LogP contribution in [0.2, 0.25) is 5.02 Å². The fraction of sp³-hybridized carbons (Fsp3) is 0.412. The molecule has 6 nitrogen and oxygen atoms in total. The molecule has 2 aromatic rings. The molecule has 0 radical (unpaired) electrons. The van der Waals surface area contributed by atoms with Crippen LogP contribution in [0.5, 0.6) is 5.75 Å². The van der Waals surface area contributed by atoms with Crippen molar-refractivity contribution in [2.75, 3.05) is 38.2 Å². The van der Waals surface area contributed by atoms with Crippen molar-refractivity contribution >= 4 is 33.4 Å². The van der Waals surface area contributed by atoms with Crippen LogP contribution in [0, 0.1) is 0 Å². The zero-order valence-electron chi connectivity index (χ0n) is 14.4. The molecule has 142 valence electrons. The summed E-state index contributed by atoms with van der Waals surface area (Å²) in [4.78, 5) is 2.36. The summed E-state index contributed by atoms with van der Waals surface area (Å²) in [5.41, 5.74) is 0. The summed E-state index contributed by atoms with van der Waals surface area (Å²) < 4.78 is 38.7. The molecule has 0 spiro atoms. The van der Waals surface area contributed by atoms with E-state index in [1.807, 2.05) is 23.9 Å². The predicted molar refractivity (Wildman–Crippen MR) is 104 cm³/mol. The number of hydrogen-bond acceptors (Lipinski definition) is 6. The Morgan fingerprint density at radius 1 is 1.35 bits per heavy atom. The van der Waals surface area contributed by atoms with Gasteiger partial charge >= 0.3 is 0 Å². The van der Waals surface area contributed by atoms with Gasteiger partial charge in [0.15, 0.2) is 0 Å². The zero-order chi connectivity index (χ0) is 18.6. The first-order valence-electron chi connectivity index (χ1n) is 8.19. The van der Waals surface area contributed by atoms with Crippen LogP contribution < -0.4 is 9.46 Å². The lowest BCUT2D eigenvalue weighted by Gasteiger charge is -2.33. The molecule has 1 fully saturated rings. The van der Waals surface area contributed by atoms with E-state index in [1.165, 1.54) is 19.2 Å². The van der Waals surface area contributed by atoms with Crippen molar-refractivity contribution in [3.8, 4) is 5.75 Å². The number of hydrogen-bond donors (Lipinski definition) is 1. The fourth-order valence-corrected chi connectivity index (χ4v) is 5.18. The van der Waals surface area contributed by atoms with Gasteiger partial charge in [-0.05, 0) is 30.3 Å². The molecule has 1 N–H and O–H groups in total. The Balaban J connectivity index is 1.76. The second-order valence-corrected chi connectivity index (χ2v) is 9.23. The third kappa shape index (κ3) is 4.55. The molecule has 0 unspecified atom stereocenters. The number of furan rings is 1. The minimum absolute atomic E-state index is 0.107. The summed E-state index contributed by atoms with van der Waals surface area (Å²) in [5.74, 6) is 3.24. The molecule has 1 aliphatic rings. The molecule has 9 heteroatoms. The molecule has 2 heterocycles. The molecule has 1 aromatic heterocycles. The molecule has 26 heavy (non-hydrogen) atoms. The second-order valence-electron chi connectivity index (χ2n) is 5.83. The maximum Gasteiger partial charge on any atom is 0.240 e. The van der Waals surface area contributed by atoms with Gasteiger partial charge in [-0.15, -0.1) is 0 Å². The van der Waals surface area contributed by atoms with E-state index in [0.717, 1.165) is 30.4 Å². The Bertz CT molecular complexity index is 821. The summed E-state index contributed by atoms with van der Waals surface area (Å²) in [5, 5.41) is 0.256. The van der Waals surface area contributed by atoms with E-state index >= 15 is 0 Å². The quantitative estimate of drug-likeness (QED) is 0.748. The average Bonchev–Trinajstić information content (AvgIpc) is 3.17. The predicted octanol–water partition coefficient (Wildman–Crippen LogP) is 3.01. The van der Waals surface area contributed by atoms with Crippen LogP contribution in [-0.2, 0) is 10.0 Å². The molecule has 0 amide bonds. The van der Waals surface area contributed by atoms with Crippen molar-refractivity contribution in [3.05, 3.63) is 47.4 Å². The van der Waals surface area contributed by atoms with Crippen molar-refractivity contribution in [2.24, 2.45) is 0 Å². The van der Waals surface area contributed by atoms with E-state index in [4.69, 9.17) is 20.8 Å². The number of sulfonamides is 1. The highest BCUT2D eigenvalue weighted by atomic mass is 35.5. The van der Waals surface area contributed by atoms with Gasteiger partial charge in [0.05, 0.1) is 29.3 Å². The number of benzene rings is 1. The van der Waals surface area contributed by atoms with E-state index in [9.17, 15) is 8.42 Å². The largest absolute Gasteiger partial charge is 0.495 e. The minimum atomic E-state index is -3.70. The van der Waals surface area contributed by atoms with Gasteiger partial charge in [-0.2, -0.15) is 11.8 Å². The van der Waals surface area contributed by atoms with Crippen LogP contribution in [0.3, 0.4) is 0 Å². The Hall–Kier alpha value is -1.19. The van der Waals surface area contributed by atoms with Gasteiger partial charge in [0.1, 0.15) is 11.5 Å². The Morgan fingerprint density at radius 2 is 2.12 bits per heavy atom. The van der Waals surface area contributed by atoms with E-state index < -0.39 is 10.0 Å². The van der Waals surface area contributed by atoms with Gasteiger partial charge in [0, 0.05) is 31.1 Å². The van der Waals surface area contributed by atoms with E-state index in [-0.39, 0.29) is 22.5 Å². The molecule has 1 aliphatic heterocycles. The van der Waals surface area contributed by atoms with Crippen LogP contribution >= 0.6 is 23.4 Å². The Kier molecular flexibility index (Phi) is 6.52. The monoisotopic (exact) mass is 416 g/mol. The number of ether oxygens (including phenoxy) is 1. The second kappa shape index (κ2) is 8.67. The highest BCUT2D eigenvalue weighted by molar-refractivity contribution is 7.99. The lowest BCUT2D eigenvalue weighted by atomic mass is 10.2. The highest BCUT2D eigenvalue weighted by Gasteiger charge is 2.27. The van der Waals surface area contributed by atoms with E-state index in [2.05, 4.69) is 9.62 Å². The first kappa shape index (κ1) is 19.6. The first-order chi connectivity index (χ1) is 12.5. The van der Waals surface area contributed by atoms with Crippen LogP contribution in [0.1, 0.15) is 11.8 Å². The minimum Gasteiger partial charge on any atom is -0.495 e. The standard InChI is InChI=1S/C17H21ClN2O4S2/c1-23-16-5-4-13(11-14(16)18)26(21,22)19-12-15(17-3-2-8-24-17)20-6-9-25-10-7-20/h2-5,8,11,15,19H,6-7,9-10,12H2,1H3/t15-/m1/s1. The van der Waals surface area contributed by atoms with Crippen molar-refractivity contribution in [3.63, 3.8) is 0 Å². The molecule has 0 bridgehead atoms. The van der Waals surface area contributed by atoms with Crippen molar-refractivity contribution in [1.82, 2.24) is 9.62 Å². The number of nitrogens with zero attached hydrogens (tertiary/aromatic N) is 1. The molecule has 1 aromatic carbocycles. The number of thioether (sulfide) groups is 1. The summed E-state index contributed by atoms with van der Waals surface area (Å²) in [6, 6.07) is 7.97. The topological polar surface area (TPSA) is 71.8 Å². The third-order valence-electron chi connectivity index (χ3n) is 4.26. The summed E-state index contributed by atoms with van der Waals surface area (Å²) in [7, 11) is -2.21. The third-order valence-corrected chi connectivity index (χ3v) is 6.92. The van der Waals surface area contributed by atoms with Gasteiger partial charge in [-0.1, -0.05) is 11.6 Å². The van der Waals surface area contributed by atoms with E-state index in [1.54, 1.807) is 12.3 Å². The van der Waals surface area contributed by atoms with Crippen LogP contribution in [0.25, 0.3) is 0 Å². The molecular weight excluding hydrogens is 396 g/mol. The lowest BCUT2D eigenvalue weighted by molar-refractivity contribution is 0.193. The number of halogens is 1. The number of methoxy groups -OCH3 is 1. The van der Waals surface area contributed by atoms with Crippen molar-refractivity contribution in [2.45, 2.75) is 10.9 Å². The number of nitrogens with one attached hydrogen (secondary N) is 1. The van der Waals surface area contributed by atoms with Gasteiger partial charge < -0.3 is 9.15 Å². The van der Waals surface area contributed by atoms with Crippen LogP contribution in [0.15, 0.2) is 45.9 Å². The molecule has 3 rings (SSSR count). The lowest BCUT2D eigenvalue weighted by Crippen LogP contribution is -2.41. The fourth-order valence-electron chi connectivity index (χ4n) is 2.87. The Labute approximate surface area is 162 Å². The summed E-state index contributed by atoms with van der Waals surface area (Å²) >= 11 is 7.96. The van der Waals surface area contributed by atoms with Gasteiger partial charge in [0.25, 0.3) is 0 Å². The Morgan fingerprint density at radius 3 is 2.73 bits per heavy atom. The molecule has 0 saturated carbocycles. The normalized spacial score (nSPS) is 17.2. The van der Waals surface area contributed by atoms with Crippen LogP contribution in [-0.4, -0.2) is 51.6 Å². The molecule has 1 atom stereocenters. The zero-order valence-corrected chi connectivity index (χ0v) is 16.7. The first-order valence-corrected chi connectivity index (χ1v) is 11.2. The van der Waals surface area contributed by atoms with E-state index in [0.29, 0.717) is 5.75 Å². The van der Waals surface area contributed by atoms with Crippen LogP contribution in [0.4, 0.5) is 0 Å². The van der Waals surface area contributed by atoms with Gasteiger partial charge in [-0.3, -0.25) is 4.90 Å². The molecule has 0 aliphatic carbocycles. The summed E-state index contributed by atoms with van der Waals surface area (Å²) in [6.07, 6.45) is 1.61. The molecule has 1 saturated heterocycles. The maximum absolute atomic E-state index is 12.7. The van der Waals surface area contributed by atoms with Crippen molar-refractivity contribution in [1.29, 1.82) is 0 Å². The maximum atomic E-state index is 12.7. The molecular formula is C17H21ClN2O4S2. The van der Waals surface area contributed by atoms with Gasteiger partial charge in [0.2, 0.25) is 10.0 Å².